The standard InChI is InChI=1S/C11H18N4/c1-9-7-15(6-4-11(9)12)8-10-3-2-5-13-14-10/h2-3,5,9,11H,4,6-8,12H2,1H3. The minimum absolute atomic E-state index is 0.364. The Bertz CT molecular complexity index is 301. The summed E-state index contributed by atoms with van der Waals surface area (Å²) in [7, 11) is 0. The third-order valence-electron chi connectivity index (χ3n) is 3.07. The van der Waals surface area contributed by atoms with E-state index < -0.39 is 0 Å². The highest BCUT2D eigenvalue weighted by Gasteiger charge is 2.22. The lowest BCUT2D eigenvalue weighted by Gasteiger charge is -2.34. The number of aromatic nitrogens is 2. The zero-order chi connectivity index (χ0) is 10.7. The Hall–Kier alpha value is -1.00. The third-order valence-corrected chi connectivity index (χ3v) is 3.07. The molecule has 1 fully saturated rings. The smallest absolute Gasteiger partial charge is 0.0771 e. The van der Waals surface area contributed by atoms with Crippen LogP contribution in [0.15, 0.2) is 18.3 Å². The zero-order valence-corrected chi connectivity index (χ0v) is 9.13. The van der Waals surface area contributed by atoms with E-state index in [1.54, 1.807) is 6.20 Å². The summed E-state index contributed by atoms with van der Waals surface area (Å²) >= 11 is 0. The highest BCUT2D eigenvalue weighted by molar-refractivity contribution is 4.99. The zero-order valence-electron chi connectivity index (χ0n) is 9.13. The van der Waals surface area contributed by atoms with Crippen molar-refractivity contribution in [3.8, 4) is 0 Å². The van der Waals surface area contributed by atoms with Gasteiger partial charge in [0.15, 0.2) is 0 Å². The second-order valence-corrected chi connectivity index (χ2v) is 4.38. The maximum atomic E-state index is 5.98. The topological polar surface area (TPSA) is 55.0 Å². The van der Waals surface area contributed by atoms with E-state index in [4.69, 9.17) is 5.73 Å². The van der Waals surface area contributed by atoms with Gasteiger partial charge in [-0.05, 0) is 24.5 Å². The molecule has 2 N–H and O–H groups in total. The van der Waals surface area contributed by atoms with Crippen molar-refractivity contribution in [3.63, 3.8) is 0 Å². The van der Waals surface area contributed by atoms with Crippen LogP contribution in [-0.2, 0) is 6.54 Å². The molecule has 2 atom stereocenters. The van der Waals surface area contributed by atoms with E-state index in [0.29, 0.717) is 12.0 Å². The van der Waals surface area contributed by atoms with Crippen LogP contribution < -0.4 is 5.73 Å². The predicted molar refractivity (Wildman–Crippen MR) is 59.1 cm³/mol. The molecule has 1 aliphatic rings. The molecule has 2 heterocycles. The summed E-state index contributed by atoms with van der Waals surface area (Å²) in [5.74, 6) is 0.579. The van der Waals surface area contributed by atoms with Gasteiger partial charge in [0.1, 0.15) is 0 Å². The fourth-order valence-electron chi connectivity index (χ4n) is 2.04. The van der Waals surface area contributed by atoms with Crippen molar-refractivity contribution in [2.24, 2.45) is 11.7 Å². The van der Waals surface area contributed by atoms with E-state index in [-0.39, 0.29) is 0 Å². The monoisotopic (exact) mass is 206 g/mol. The normalized spacial score (nSPS) is 27.9. The van der Waals surface area contributed by atoms with Gasteiger partial charge in [-0.25, -0.2) is 0 Å². The van der Waals surface area contributed by atoms with Crippen molar-refractivity contribution in [1.29, 1.82) is 0 Å². The molecule has 0 radical (unpaired) electrons. The Balaban J connectivity index is 1.91. The number of rotatable bonds is 2. The Labute approximate surface area is 90.5 Å². The SMILES string of the molecule is CC1CN(Cc2cccnn2)CCC1N. The average Bonchev–Trinajstić information content (AvgIpc) is 2.25. The highest BCUT2D eigenvalue weighted by atomic mass is 15.2. The molecular formula is C11H18N4. The van der Waals surface area contributed by atoms with Crippen LogP contribution in [-0.4, -0.2) is 34.2 Å². The number of nitrogens with two attached hydrogens (primary N) is 1. The molecule has 0 saturated carbocycles. The molecule has 1 aromatic heterocycles. The highest BCUT2D eigenvalue weighted by Crippen LogP contribution is 2.16. The molecule has 4 nitrogen and oxygen atoms in total. The Morgan fingerprint density at radius 3 is 3.13 bits per heavy atom. The Morgan fingerprint density at radius 1 is 1.60 bits per heavy atom. The summed E-state index contributed by atoms with van der Waals surface area (Å²) < 4.78 is 0. The first-order chi connectivity index (χ1) is 7.25. The maximum Gasteiger partial charge on any atom is 0.0771 e. The van der Waals surface area contributed by atoms with Crippen molar-refractivity contribution in [3.05, 3.63) is 24.0 Å². The molecule has 1 aromatic rings. The van der Waals surface area contributed by atoms with Crippen molar-refractivity contribution >= 4 is 0 Å². The van der Waals surface area contributed by atoms with Crippen molar-refractivity contribution in [2.45, 2.75) is 25.9 Å². The molecule has 82 valence electrons. The van der Waals surface area contributed by atoms with Crippen LogP contribution in [0.4, 0.5) is 0 Å². The minimum atomic E-state index is 0.364. The van der Waals surface area contributed by atoms with E-state index >= 15 is 0 Å². The van der Waals surface area contributed by atoms with Gasteiger partial charge >= 0.3 is 0 Å². The first-order valence-corrected chi connectivity index (χ1v) is 5.50. The van der Waals surface area contributed by atoms with E-state index in [0.717, 1.165) is 31.7 Å². The molecule has 0 amide bonds. The summed E-state index contributed by atoms with van der Waals surface area (Å²) in [4.78, 5) is 2.40. The van der Waals surface area contributed by atoms with E-state index in [1.807, 2.05) is 12.1 Å². The first kappa shape index (κ1) is 10.5. The van der Waals surface area contributed by atoms with E-state index in [9.17, 15) is 0 Å². The lowest BCUT2D eigenvalue weighted by molar-refractivity contribution is 0.156. The summed E-state index contributed by atoms with van der Waals surface area (Å²) in [6, 6.07) is 4.32. The molecule has 0 aliphatic carbocycles. The van der Waals surface area contributed by atoms with Crippen LogP contribution in [0.5, 0.6) is 0 Å². The van der Waals surface area contributed by atoms with Crippen LogP contribution >= 0.6 is 0 Å². The van der Waals surface area contributed by atoms with Gasteiger partial charge in [0.05, 0.1) is 5.69 Å². The molecule has 4 heteroatoms. The van der Waals surface area contributed by atoms with Gasteiger partial charge in [0, 0.05) is 31.9 Å². The van der Waals surface area contributed by atoms with Crippen LogP contribution in [0.25, 0.3) is 0 Å². The summed E-state index contributed by atoms with van der Waals surface area (Å²) in [6.45, 7) is 5.25. The minimum Gasteiger partial charge on any atom is -0.327 e. The molecule has 0 bridgehead atoms. The van der Waals surface area contributed by atoms with Gasteiger partial charge in [0.25, 0.3) is 0 Å². The lowest BCUT2D eigenvalue weighted by atomic mass is 9.95. The maximum absolute atomic E-state index is 5.98. The molecule has 1 saturated heterocycles. The van der Waals surface area contributed by atoms with Crippen molar-refractivity contribution < 1.29 is 0 Å². The van der Waals surface area contributed by atoms with Gasteiger partial charge in [-0.1, -0.05) is 6.92 Å². The van der Waals surface area contributed by atoms with Gasteiger partial charge in [-0.2, -0.15) is 10.2 Å². The first-order valence-electron chi connectivity index (χ1n) is 5.50. The van der Waals surface area contributed by atoms with Crippen LogP contribution in [0.3, 0.4) is 0 Å². The van der Waals surface area contributed by atoms with Crippen LogP contribution in [0.1, 0.15) is 19.0 Å². The fourth-order valence-corrected chi connectivity index (χ4v) is 2.04. The molecular weight excluding hydrogens is 188 g/mol. The van der Waals surface area contributed by atoms with Gasteiger partial charge in [0.2, 0.25) is 0 Å². The number of piperidine rings is 1. The number of hydrogen-bond acceptors (Lipinski definition) is 4. The number of likely N-dealkylation sites (tertiary alicyclic amines) is 1. The largest absolute Gasteiger partial charge is 0.327 e. The van der Waals surface area contributed by atoms with Gasteiger partial charge < -0.3 is 5.73 Å². The van der Waals surface area contributed by atoms with Gasteiger partial charge in [-0.3, -0.25) is 4.90 Å². The van der Waals surface area contributed by atoms with Crippen molar-refractivity contribution in [2.75, 3.05) is 13.1 Å². The molecule has 15 heavy (non-hydrogen) atoms. The second-order valence-electron chi connectivity index (χ2n) is 4.38. The van der Waals surface area contributed by atoms with E-state index in [1.165, 1.54) is 0 Å². The lowest BCUT2D eigenvalue weighted by Crippen LogP contribution is -2.45. The average molecular weight is 206 g/mol. The quantitative estimate of drug-likeness (QED) is 0.771. The fraction of sp³-hybridized carbons (Fsp3) is 0.636. The molecule has 2 rings (SSSR count). The van der Waals surface area contributed by atoms with Gasteiger partial charge in [-0.15, -0.1) is 0 Å². The summed E-state index contributed by atoms with van der Waals surface area (Å²) in [5.41, 5.74) is 7.02. The number of hydrogen-bond donors (Lipinski definition) is 1. The molecule has 1 aliphatic heterocycles. The van der Waals surface area contributed by atoms with Crippen LogP contribution in [0.2, 0.25) is 0 Å². The van der Waals surface area contributed by atoms with E-state index in [2.05, 4.69) is 22.0 Å². The van der Waals surface area contributed by atoms with Crippen molar-refractivity contribution in [1.82, 2.24) is 15.1 Å². The summed E-state index contributed by atoms with van der Waals surface area (Å²) in [5, 5.41) is 7.98. The third kappa shape index (κ3) is 2.73. The number of nitrogens with zero attached hydrogens (tertiary/aromatic N) is 3. The molecule has 2 unspecified atom stereocenters. The summed E-state index contributed by atoms with van der Waals surface area (Å²) in [6.07, 6.45) is 2.79. The second kappa shape index (κ2) is 4.68. The molecule has 0 aromatic carbocycles. The Morgan fingerprint density at radius 2 is 2.47 bits per heavy atom. The Kier molecular flexibility index (Phi) is 3.28. The molecule has 0 spiro atoms. The predicted octanol–water partition coefficient (Wildman–Crippen LogP) is 0.646. The van der Waals surface area contributed by atoms with Crippen LogP contribution in [0, 0.1) is 5.92 Å².